The van der Waals surface area contributed by atoms with Crippen LogP contribution in [0.1, 0.15) is 50.0 Å². The van der Waals surface area contributed by atoms with E-state index in [-0.39, 0.29) is 11.4 Å². The van der Waals surface area contributed by atoms with E-state index in [4.69, 9.17) is 4.42 Å². The van der Waals surface area contributed by atoms with Crippen LogP contribution in [-0.4, -0.2) is 29.9 Å². The maximum Gasteiger partial charge on any atom is 0.234 e. The van der Waals surface area contributed by atoms with Crippen LogP contribution >= 0.6 is 0 Å². The van der Waals surface area contributed by atoms with Gasteiger partial charge >= 0.3 is 0 Å². The second-order valence-electron chi connectivity index (χ2n) is 8.43. The summed E-state index contributed by atoms with van der Waals surface area (Å²) in [6.07, 6.45) is 7.87. The number of likely N-dealkylation sites (N-methyl/N-ethyl adjacent to an activating group) is 1. The average Bonchev–Trinajstić information content (AvgIpc) is 2.81. The summed E-state index contributed by atoms with van der Waals surface area (Å²) in [6.45, 7) is 3.08. The second kappa shape index (κ2) is 5.66. The molecule has 4 saturated carbocycles. The third kappa shape index (κ3) is 3.18. The predicted octanol–water partition coefficient (Wildman–Crippen LogP) is 3.10. The van der Waals surface area contributed by atoms with E-state index in [1.54, 1.807) is 0 Å². The van der Waals surface area contributed by atoms with Crippen LogP contribution in [0.25, 0.3) is 0 Å². The van der Waals surface area contributed by atoms with E-state index in [1.165, 1.54) is 38.5 Å². The lowest BCUT2D eigenvalue weighted by molar-refractivity contribution is -0.127. The highest BCUT2D eigenvalue weighted by atomic mass is 16.3. The zero-order valence-electron chi connectivity index (χ0n) is 14.3. The Morgan fingerprint density at radius 3 is 2.35 bits per heavy atom. The van der Waals surface area contributed by atoms with Gasteiger partial charge in [-0.3, -0.25) is 9.69 Å². The summed E-state index contributed by atoms with van der Waals surface area (Å²) in [7, 11) is 1.98. The zero-order valence-corrected chi connectivity index (χ0v) is 14.3. The van der Waals surface area contributed by atoms with Gasteiger partial charge in [-0.1, -0.05) is 0 Å². The normalized spacial score (nSPS) is 35.0. The molecule has 0 atom stereocenters. The summed E-state index contributed by atoms with van der Waals surface area (Å²) in [6, 6.07) is 3.96. The molecule has 1 aromatic rings. The van der Waals surface area contributed by atoms with E-state index in [0.29, 0.717) is 13.1 Å². The van der Waals surface area contributed by atoms with Gasteiger partial charge in [0, 0.05) is 5.54 Å². The van der Waals surface area contributed by atoms with E-state index in [9.17, 15) is 4.79 Å². The van der Waals surface area contributed by atoms with Gasteiger partial charge in [0.2, 0.25) is 5.91 Å². The molecule has 4 heteroatoms. The fraction of sp³-hybridized carbons (Fsp3) is 0.737. The summed E-state index contributed by atoms with van der Waals surface area (Å²) in [5.41, 5.74) is 0.119. The Bertz CT molecular complexity index is 557. The van der Waals surface area contributed by atoms with Crippen LogP contribution in [0, 0.1) is 24.7 Å². The molecular formula is C19H28N2O2. The number of nitrogens with zero attached hydrogens (tertiary/aromatic N) is 1. The minimum atomic E-state index is 0.119. The predicted molar refractivity (Wildman–Crippen MR) is 88.8 cm³/mol. The molecule has 1 N–H and O–H groups in total. The summed E-state index contributed by atoms with van der Waals surface area (Å²) in [5.74, 6) is 4.62. The highest BCUT2D eigenvalue weighted by Crippen LogP contribution is 2.55. The van der Waals surface area contributed by atoms with E-state index >= 15 is 0 Å². The Labute approximate surface area is 138 Å². The number of nitrogens with one attached hydrogen (secondary N) is 1. The van der Waals surface area contributed by atoms with Crippen LogP contribution in [0.15, 0.2) is 16.5 Å². The van der Waals surface area contributed by atoms with Gasteiger partial charge in [0.05, 0.1) is 13.1 Å². The molecule has 126 valence electrons. The van der Waals surface area contributed by atoms with Gasteiger partial charge in [-0.2, -0.15) is 0 Å². The smallest absolute Gasteiger partial charge is 0.234 e. The largest absolute Gasteiger partial charge is 0.465 e. The molecule has 0 aliphatic heterocycles. The molecule has 0 saturated heterocycles. The minimum absolute atomic E-state index is 0.119. The van der Waals surface area contributed by atoms with Crippen molar-refractivity contribution in [2.75, 3.05) is 13.6 Å². The van der Waals surface area contributed by atoms with Crippen LogP contribution in [-0.2, 0) is 11.3 Å². The van der Waals surface area contributed by atoms with Crippen molar-refractivity contribution in [3.8, 4) is 0 Å². The van der Waals surface area contributed by atoms with Gasteiger partial charge in [-0.25, -0.2) is 0 Å². The van der Waals surface area contributed by atoms with E-state index in [1.807, 2.05) is 31.0 Å². The number of carbonyl (C=O) groups excluding carboxylic acids is 1. The average molecular weight is 316 g/mol. The number of hydrogen-bond acceptors (Lipinski definition) is 3. The van der Waals surface area contributed by atoms with Crippen LogP contribution in [0.3, 0.4) is 0 Å². The van der Waals surface area contributed by atoms with Crippen LogP contribution < -0.4 is 5.32 Å². The van der Waals surface area contributed by atoms with Gasteiger partial charge in [-0.05, 0) is 82.4 Å². The minimum Gasteiger partial charge on any atom is -0.465 e. The summed E-state index contributed by atoms with van der Waals surface area (Å²) < 4.78 is 5.60. The SMILES string of the molecule is Cc1ccc(CN(C)CC(=O)NC23CC4CC(CC(C4)C2)C3)o1. The molecule has 5 rings (SSSR count). The number of amides is 1. The van der Waals surface area contributed by atoms with Gasteiger partial charge in [0.1, 0.15) is 11.5 Å². The van der Waals surface area contributed by atoms with Crippen molar-refractivity contribution < 1.29 is 9.21 Å². The van der Waals surface area contributed by atoms with Crippen molar-refractivity contribution in [2.45, 2.75) is 57.5 Å². The first-order valence-electron chi connectivity index (χ1n) is 9.04. The Morgan fingerprint density at radius 2 is 1.83 bits per heavy atom. The highest BCUT2D eigenvalue weighted by Gasteiger charge is 2.51. The van der Waals surface area contributed by atoms with Crippen molar-refractivity contribution in [1.82, 2.24) is 10.2 Å². The third-order valence-corrected chi connectivity index (χ3v) is 6.08. The summed E-state index contributed by atoms with van der Waals surface area (Å²) in [5, 5.41) is 3.44. The van der Waals surface area contributed by atoms with Crippen molar-refractivity contribution in [2.24, 2.45) is 17.8 Å². The monoisotopic (exact) mass is 316 g/mol. The molecular weight excluding hydrogens is 288 g/mol. The number of carbonyl (C=O) groups is 1. The fourth-order valence-electron chi connectivity index (χ4n) is 5.74. The number of furan rings is 1. The molecule has 4 fully saturated rings. The first-order chi connectivity index (χ1) is 11.0. The second-order valence-corrected chi connectivity index (χ2v) is 8.43. The first-order valence-corrected chi connectivity index (χ1v) is 9.04. The van der Waals surface area contributed by atoms with Crippen LogP contribution in [0.4, 0.5) is 0 Å². The Morgan fingerprint density at radius 1 is 1.22 bits per heavy atom. The lowest BCUT2D eigenvalue weighted by atomic mass is 9.53. The van der Waals surface area contributed by atoms with Crippen LogP contribution in [0.2, 0.25) is 0 Å². The van der Waals surface area contributed by atoms with E-state index in [0.717, 1.165) is 29.3 Å². The number of aryl methyl sites for hydroxylation is 1. The van der Waals surface area contributed by atoms with E-state index in [2.05, 4.69) is 5.32 Å². The van der Waals surface area contributed by atoms with Gasteiger partial charge < -0.3 is 9.73 Å². The summed E-state index contributed by atoms with van der Waals surface area (Å²) >= 11 is 0. The van der Waals surface area contributed by atoms with Crippen molar-refractivity contribution in [1.29, 1.82) is 0 Å². The van der Waals surface area contributed by atoms with E-state index < -0.39 is 0 Å². The maximum absolute atomic E-state index is 12.6. The van der Waals surface area contributed by atoms with Crippen molar-refractivity contribution in [3.63, 3.8) is 0 Å². The van der Waals surface area contributed by atoms with Crippen LogP contribution in [0.5, 0.6) is 0 Å². The van der Waals surface area contributed by atoms with Crippen molar-refractivity contribution >= 4 is 5.91 Å². The van der Waals surface area contributed by atoms with Gasteiger partial charge in [-0.15, -0.1) is 0 Å². The van der Waals surface area contributed by atoms with Gasteiger partial charge in [0.15, 0.2) is 0 Å². The molecule has 23 heavy (non-hydrogen) atoms. The molecule has 1 heterocycles. The Balaban J connectivity index is 1.33. The first kappa shape index (κ1) is 15.3. The molecule has 4 aliphatic carbocycles. The number of rotatable bonds is 5. The van der Waals surface area contributed by atoms with Gasteiger partial charge in [0.25, 0.3) is 0 Å². The molecule has 0 spiro atoms. The topological polar surface area (TPSA) is 45.5 Å². The maximum atomic E-state index is 12.6. The molecule has 4 aliphatic rings. The molecule has 4 nitrogen and oxygen atoms in total. The highest BCUT2D eigenvalue weighted by molar-refractivity contribution is 5.79. The standard InChI is InChI=1S/C19H28N2O2/c1-13-3-4-17(23-13)11-21(2)12-18(22)20-19-8-14-5-15(9-19)7-16(6-14)10-19/h3-4,14-16H,5-12H2,1-2H3,(H,20,22). The summed E-state index contributed by atoms with van der Waals surface area (Å²) in [4.78, 5) is 14.6. The lowest BCUT2D eigenvalue weighted by Crippen LogP contribution is -2.60. The molecule has 1 aromatic heterocycles. The third-order valence-electron chi connectivity index (χ3n) is 6.08. The molecule has 4 bridgehead atoms. The quantitative estimate of drug-likeness (QED) is 0.908. The Hall–Kier alpha value is -1.29. The molecule has 1 amide bonds. The number of hydrogen-bond donors (Lipinski definition) is 1. The molecule has 0 radical (unpaired) electrons. The molecule has 0 aromatic carbocycles. The molecule has 0 unspecified atom stereocenters. The lowest BCUT2D eigenvalue weighted by Gasteiger charge is -2.57. The van der Waals surface area contributed by atoms with Crippen molar-refractivity contribution in [3.05, 3.63) is 23.7 Å². The fourth-order valence-corrected chi connectivity index (χ4v) is 5.74. The zero-order chi connectivity index (χ0) is 16.0. The Kier molecular flexibility index (Phi) is 3.75.